The number of hydrogen-bond acceptors (Lipinski definition) is 3. The number of anilines is 1. The van der Waals surface area contributed by atoms with Crippen LogP contribution in [0.4, 0.5) is 5.69 Å². The van der Waals surface area contributed by atoms with E-state index in [0.717, 1.165) is 18.8 Å². The maximum Gasteiger partial charge on any atom is 0.193 e. The molecule has 1 fully saturated rings. The Hall–Kier alpha value is -1.85. The molecule has 1 aliphatic heterocycles. The number of likely N-dealkylation sites (tertiary alicyclic amines) is 1. The van der Waals surface area contributed by atoms with E-state index in [4.69, 9.17) is 5.73 Å². The Morgan fingerprint density at radius 3 is 2.58 bits per heavy atom. The van der Waals surface area contributed by atoms with Crippen molar-refractivity contribution in [2.24, 2.45) is 10.7 Å². The van der Waals surface area contributed by atoms with Crippen LogP contribution in [0.25, 0.3) is 0 Å². The summed E-state index contributed by atoms with van der Waals surface area (Å²) in [5.41, 5.74) is 9.57. The highest BCUT2D eigenvalue weighted by molar-refractivity contribution is 7.10. The molecule has 2 heterocycles. The summed E-state index contributed by atoms with van der Waals surface area (Å²) in [6.45, 7) is 7.19. The lowest BCUT2D eigenvalue weighted by Crippen LogP contribution is -2.29. The highest BCUT2D eigenvalue weighted by Crippen LogP contribution is 2.28. The van der Waals surface area contributed by atoms with E-state index >= 15 is 0 Å². The molecule has 128 valence electrons. The van der Waals surface area contributed by atoms with Crippen LogP contribution in [0.3, 0.4) is 0 Å². The Morgan fingerprint density at radius 1 is 1.25 bits per heavy atom. The topological polar surface area (TPSA) is 53.6 Å². The zero-order valence-electron chi connectivity index (χ0n) is 14.5. The van der Waals surface area contributed by atoms with E-state index in [1.807, 2.05) is 0 Å². The molecule has 1 aromatic heterocycles. The summed E-state index contributed by atoms with van der Waals surface area (Å²) in [7, 11) is 0. The number of benzene rings is 1. The summed E-state index contributed by atoms with van der Waals surface area (Å²) in [6, 6.07) is 11.0. The number of nitrogens with zero attached hydrogens (tertiary/aromatic N) is 2. The molecule has 0 radical (unpaired) electrons. The van der Waals surface area contributed by atoms with Gasteiger partial charge in [0.25, 0.3) is 0 Å². The maximum atomic E-state index is 6.13. The van der Waals surface area contributed by atoms with Crippen molar-refractivity contribution in [3.05, 3.63) is 51.7 Å². The number of rotatable bonds is 5. The molecule has 0 amide bonds. The molecule has 24 heavy (non-hydrogen) atoms. The highest BCUT2D eigenvalue weighted by atomic mass is 32.1. The van der Waals surface area contributed by atoms with Gasteiger partial charge in [-0.05, 0) is 74.5 Å². The summed E-state index contributed by atoms with van der Waals surface area (Å²) in [6.07, 6.45) is 2.56. The molecule has 4 nitrogen and oxygen atoms in total. The van der Waals surface area contributed by atoms with E-state index in [1.54, 1.807) is 11.3 Å². The molecule has 1 aromatic carbocycles. The van der Waals surface area contributed by atoms with Crippen molar-refractivity contribution in [2.75, 3.05) is 25.0 Å². The zero-order chi connectivity index (χ0) is 16.9. The number of aryl methyl sites for hydroxylation is 2. The summed E-state index contributed by atoms with van der Waals surface area (Å²) < 4.78 is 0. The molecule has 0 bridgehead atoms. The van der Waals surface area contributed by atoms with E-state index in [9.17, 15) is 0 Å². The molecule has 1 atom stereocenters. The second-order valence-corrected chi connectivity index (χ2v) is 7.48. The minimum Gasteiger partial charge on any atom is -0.370 e. The quantitative estimate of drug-likeness (QED) is 0.639. The van der Waals surface area contributed by atoms with Crippen molar-refractivity contribution in [1.29, 1.82) is 0 Å². The van der Waals surface area contributed by atoms with Crippen LogP contribution in [-0.2, 0) is 0 Å². The van der Waals surface area contributed by atoms with Gasteiger partial charge in [0, 0.05) is 10.6 Å². The number of nitrogens with one attached hydrogen (secondary N) is 1. The minimum atomic E-state index is 0.340. The molecule has 0 aliphatic carbocycles. The van der Waals surface area contributed by atoms with Crippen molar-refractivity contribution in [2.45, 2.75) is 32.7 Å². The molecule has 3 rings (SSSR count). The standard InChI is InChI=1S/C19H26N4S/c1-14-10-15(2)12-16(11-14)22-19(20)21-13-17(18-6-5-9-24-18)23-7-3-4-8-23/h5-6,9-12,17H,3-4,7-8,13H2,1-2H3,(H3,20,21,22). The van der Waals surface area contributed by atoms with Crippen LogP contribution in [-0.4, -0.2) is 30.5 Å². The third kappa shape index (κ3) is 4.36. The summed E-state index contributed by atoms with van der Waals surface area (Å²) in [4.78, 5) is 8.53. The first-order chi connectivity index (χ1) is 11.6. The third-order valence-electron chi connectivity index (χ3n) is 4.38. The average molecular weight is 343 g/mol. The molecule has 3 N–H and O–H groups in total. The first-order valence-electron chi connectivity index (χ1n) is 8.54. The normalized spacial score (nSPS) is 17.2. The lowest BCUT2D eigenvalue weighted by Gasteiger charge is -2.25. The van der Waals surface area contributed by atoms with E-state index in [-0.39, 0.29) is 0 Å². The molecule has 1 unspecified atom stereocenters. The van der Waals surface area contributed by atoms with Crippen molar-refractivity contribution in [3.8, 4) is 0 Å². The number of thiophene rings is 1. The van der Waals surface area contributed by atoms with E-state index in [2.05, 4.69) is 64.8 Å². The number of aliphatic imine (C=N–C) groups is 1. The third-order valence-corrected chi connectivity index (χ3v) is 5.36. The number of nitrogens with two attached hydrogens (primary N) is 1. The molecule has 5 heteroatoms. The van der Waals surface area contributed by atoms with Gasteiger partial charge in [-0.2, -0.15) is 0 Å². The van der Waals surface area contributed by atoms with Gasteiger partial charge in [0.15, 0.2) is 5.96 Å². The van der Waals surface area contributed by atoms with Crippen LogP contribution < -0.4 is 11.1 Å². The van der Waals surface area contributed by atoms with Crippen LogP contribution in [0.2, 0.25) is 0 Å². The van der Waals surface area contributed by atoms with Crippen LogP contribution in [0.1, 0.15) is 34.9 Å². The van der Waals surface area contributed by atoms with Crippen molar-refractivity contribution in [1.82, 2.24) is 4.90 Å². The van der Waals surface area contributed by atoms with Crippen molar-refractivity contribution >= 4 is 23.0 Å². The fourth-order valence-corrected chi connectivity index (χ4v) is 4.19. The zero-order valence-corrected chi connectivity index (χ0v) is 15.3. The lowest BCUT2D eigenvalue weighted by atomic mass is 10.1. The molecular formula is C19H26N4S. The Morgan fingerprint density at radius 2 is 1.96 bits per heavy atom. The number of hydrogen-bond donors (Lipinski definition) is 2. The molecule has 0 saturated carbocycles. The predicted molar refractivity (Wildman–Crippen MR) is 104 cm³/mol. The van der Waals surface area contributed by atoms with E-state index < -0.39 is 0 Å². The average Bonchev–Trinajstić information content (AvgIpc) is 3.19. The first-order valence-corrected chi connectivity index (χ1v) is 9.42. The van der Waals surface area contributed by atoms with Crippen LogP contribution in [0.5, 0.6) is 0 Å². The molecular weight excluding hydrogens is 316 g/mol. The van der Waals surface area contributed by atoms with Gasteiger partial charge in [-0.25, -0.2) is 0 Å². The monoisotopic (exact) mass is 342 g/mol. The smallest absolute Gasteiger partial charge is 0.193 e. The fraction of sp³-hybridized carbons (Fsp3) is 0.421. The largest absolute Gasteiger partial charge is 0.370 e. The van der Waals surface area contributed by atoms with Gasteiger partial charge in [0.2, 0.25) is 0 Å². The molecule has 2 aromatic rings. The van der Waals surface area contributed by atoms with E-state index in [1.165, 1.54) is 28.8 Å². The Balaban J connectivity index is 1.69. The van der Waals surface area contributed by atoms with E-state index in [0.29, 0.717) is 18.5 Å². The van der Waals surface area contributed by atoms with Crippen molar-refractivity contribution < 1.29 is 0 Å². The van der Waals surface area contributed by atoms with Crippen LogP contribution >= 0.6 is 11.3 Å². The van der Waals surface area contributed by atoms with Gasteiger partial charge in [-0.3, -0.25) is 9.89 Å². The van der Waals surface area contributed by atoms with Gasteiger partial charge in [-0.1, -0.05) is 12.1 Å². The molecule has 1 aliphatic rings. The summed E-state index contributed by atoms with van der Waals surface area (Å²) >= 11 is 1.81. The van der Waals surface area contributed by atoms with Gasteiger partial charge >= 0.3 is 0 Å². The Labute approximate surface area is 148 Å². The predicted octanol–water partition coefficient (Wildman–Crippen LogP) is 3.93. The number of guanidine groups is 1. The lowest BCUT2D eigenvalue weighted by molar-refractivity contribution is 0.255. The van der Waals surface area contributed by atoms with Gasteiger partial charge < -0.3 is 11.1 Å². The second-order valence-electron chi connectivity index (χ2n) is 6.50. The van der Waals surface area contributed by atoms with Crippen molar-refractivity contribution in [3.63, 3.8) is 0 Å². The Kier molecular flexibility index (Phi) is 5.53. The molecule has 0 spiro atoms. The summed E-state index contributed by atoms with van der Waals surface area (Å²) in [5.74, 6) is 0.487. The van der Waals surface area contributed by atoms with Crippen LogP contribution in [0, 0.1) is 13.8 Å². The second kappa shape index (κ2) is 7.81. The fourth-order valence-electron chi connectivity index (χ4n) is 3.34. The minimum absolute atomic E-state index is 0.340. The highest BCUT2D eigenvalue weighted by Gasteiger charge is 2.23. The maximum absolute atomic E-state index is 6.13. The van der Waals surface area contributed by atoms with Crippen LogP contribution in [0.15, 0.2) is 40.7 Å². The SMILES string of the molecule is Cc1cc(C)cc(NC(N)=NCC(c2cccs2)N2CCCC2)c1. The van der Waals surface area contributed by atoms with Gasteiger partial charge in [-0.15, -0.1) is 11.3 Å². The first kappa shape index (κ1) is 17.0. The van der Waals surface area contributed by atoms with Gasteiger partial charge in [0.05, 0.1) is 12.6 Å². The summed E-state index contributed by atoms with van der Waals surface area (Å²) in [5, 5.41) is 5.37. The van der Waals surface area contributed by atoms with Gasteiger partial charge in [0.1, 0.15) is 0 Å². The molecule has 1 saturated heterocycles. The Bertz CT molecular complexity index is 667.